The third-order valence-electron chi connectivity index (χ3n) is 4.22. The van der Waals surface area contributed by atoms with Gasteiger partial charge in [-0.05, 0) is 25.4 Å². The van der Waals surface area contributed by atoms with Gasteiger partial charge in [0.05, 0.1) is 11.9 Å². The molecule has 6 nitrogen and oxygen atoms in total. The Morgan fingerprint density at radius 3 is 2.82 bits per heavy atom. The largest absolute Gasteiger partial charge is 0.323 e. The van der Waals surface area contributed by atoms with Gasteiger partial charge in [0.25, 0.3) is 0 Å². The summed E-state index contributed by atoms with van der Waals surface area (Å²) in [6.45, 7) is 13.2. The number of hydrogen-bond acceptors (Lipinski definition) is 3. The summed E-state index contributed by atoms with van der Waals surface area (Å²) < 4.78 is 1.88. The fourth-order valence-corrected chi connectivity index (χ4v) is 3.07. The molecule has 0 aliphatic carbocycles. The minimum atomic E-state index is -0.0150. The molecule has 6 heteroatoms. The smallest absolute Gasteiger partial charge is 0.321 e. The number of nitrogens with zero attached hydrogens (tertiary/aromatic N) is 4. The molecule has 2 rings (SSSR count). The first-order chi connectivity index (χ1) is 10.5. The van der Waals surface area contributed by atoms with E-state index in [-0.39, 0.29) is 6.03 Å². The molecule has 22 heavy (non-hydrogen) atoms. The minimum Gasteiger partial charge on any atom is -0.323 e. The molecular weight excluding hydrogens is 278 g/mol. The fourth-order valence-electron chi connectivity index (χ4n) is 3.07. The van der Waals surface area contributed by atoms with E-state index in [0.29, 0.717) is 12.0 Å². The van der Waals surface area contributed by atoms with E-state index in [1.54, 1.807) is 6.20 Å². The van der Waals surface area contributed by atoms with Crippen LogP contribution in [0.3, 0.4) is 0 Å². The number of amides is 2. The molecule has 1 fully saturated rings. The molecule has 1 aliphatic rings. The zero-order valence-electron chi connectivity index (χ0n) is 14.2. The molecule has 1 aliphatic heterocycles. The molecule has 2 heterocycles. The van der Waals surface area contributed by atoms with Crippen molar-refractivity contribution in [2.24, 2.45) is 5.92 Å². The molecule has 1 aromatic heterocycles. The summed E-state index contributed by atoms with van der Waals surface area (Å²) in [5, 5.41) is 7.24. The van der Waals surface area contributed by atoms with Gasteiger partial charge < -0.3 is 10.2 Å². The third kappa shape index (κ3) is 4.22. The molecule has 0 spiro atoms. The van der Waals surface area contributed by atoms with E-state index in [9.17, 15) is 4.79 Å². The highest BCUT2D eigenvalue weighted by Gasteiger charge is 2.29. The van der Waals surface area contributed by atoms with E-state index in [4.69, 9.17) is 0 Å². The van der Waals surface area contributed by atoms with Gasteiger partial charge in [-0.25, -0.2) is 4.79 Å². The average Bonchev–Trinajstić information content (AvgIpc) is 3.09. The number of carbonyl (C=O) groups is 1. The van der Waals surface area contributed by atoms with Crippen molar-refractivity contribution in [3.63, 3.8) is 0 Å². The number of nitrogens with one attached hydrogen (secondary N) is 1. The van der Waals surface area contributed by atoms with Crippen LogP contribution in [0.15, 0.2) is 12.4 Å². The van der Waals surface area contributed by atoms with Gasteiger partial charge in [-0.15, -0.1) is 0 Å². The topological polar surface area (TPSA) is 53.4 Å². The number of hydrogen-bond donors (Lipinski definition) is 1. The minimum absolute atomic E-state index is 0.0150. The van der Waals surface area contributed by atoms with Crippen molar-refractivity contribution in [1.82, 2.24) is 19.6 Å². The first-order valence-corrected chi connectivity index (χ1v) is 8.35. The van der Waals surface area contributed by atoms with Gasteiger partial charge in [0, 0.05) is 31.9 Å². The van der Waals surface area contributed by atoms with Crippen LogP contribution in [-0.2, 0) is 6.54 Å². The van der Waals surface area contributed by atoms with Crippen LogP contribution < -0.4 is 5.32 Å². The van der Waals surface area contributed by atoms with Crippen LogP contribution in [0.4, 0.5) is 10.5 Å². The lowest BCUT2D eigenvalue weighted by molar-refractivity contribution is 0.202. The van der Waals surface area contributed by atoms with Gasteiger partial charge in [0.1, 0.15) is 0 Å². The average molecular weight is 307 g/mol. The normalized spacial score (nSPS) is 18.5. The Bertz CT molecular complexity index is 481. The van der Waals surface area contributed by atoms with Crippen molar-refractivity contribution < 1.29 is 4.79 Å². The van der Waals surface area contributed by atoms with Crippen LogP contribution >= 0.6 is 0 Å². The zero-order chi connectivity index (χ0) is 16.1. The lowest BCUT2D eigenvalue weighted by Crippen LogP contribution is -2.39. The van der Waals surface area contributed by atoms with Crippen molar-refractivity contribution in [3.8, 4) is 0 Å². The molecule has 1 unspecified atom stereocenters. The molecule has 0 aromatic carbocycles. The summed E-state index contributed by atoms with van der Waals surface area (Å²) in [5.41, 5.74) is 0.775. The van der Waals surface area contributed by atoms with Crippen molar-refractivity contribution >= 4 is 11.7 Å². The van der Waals surface area contributed by atoms with Crippen molar-refractivity contribution in [2.45, 2.75) is 46.7 Å². The quantitative estimate of drug-likeness (QED) is 0.878. The van der Waals surface area contributed by atoms with Crippen LogP contribution in [0.2, 0.25) is 0 Å². The molecule has 0 saturated carbocycles. The fraction of sp³-hybridized carbons (Fsp3) is 0.750. The molecule has 1 atom stereocenters. The number of anilines is 1. The second kappa shape index (κ2) is 7.63. The molecule has 0 radical (unpaired) electrons. The summed E-state index contributed by atoms with van der Waals surface area (Å²) in [6.07, 6.45) is 4.68. The number of likely N-dealkylation sites (N-methyl/N-ethyl adjacent to an activating group) is 1. The van der Waals surface area contributed by atoms with Crippen molar-refractivity contribution in [2.75, 3.05) is 31.5 Å². The summed E-state index contributed by atoms with van der Waals surface area (Å²) in [6, 6.07) is 0.475. The van der Waals surface area contributed by atoms with E-state index < -0.39 is 0 Å². The van der Waals surface area contributed by atoms with Crippen LogP contribution in [-0.4, -0.2) is 57.8 Å². The predicted octanol–water partition coefficient (Wildman–Crippen LogP) is 2.49. The van der Waals surface area contributed by atoms with Gasteiger partial charge in [-0.2, -0.15) is 5.10 Å². The Balaban J connectivity index is 1.86. The number of urea groups is 1. The highest BCUT2D eigenvalue weighted by Crippen LogP contribution is 2.17. The molecule has 124 valence electrons. The monoisotopic (exact) mass is 307 g/mol. The molecule has 0 bridgehead atoms. The lowest BCUT2D eigenvalue weighted by atomic mass is 10.2. The van der Waals surface area contributed by atoms with E-state index in [1.165, 1.54) is 0 Å². The maximum absolute atomic E-state index is 12.4. The summed E-state index contributed by atoms with van der Waals surface area (Å²) in [7, 11) is 0. The molecule has 1 saturated heterocycles. The molecule has 2 amide bonds. The molecule has 1 aromatic rings. The SMILES string of the molecule is CCN(CC)C1CCN(C(=O)Nc2cnn(CC(C)C)c2)C1. The summed E-state index contributed by atoms with van der Waals surface area (Å²) >= 11 is 0. The molecular formula is C16H29N5O. The zero-order valence-corrected chi connectivity index (χ0v) is 14.2. The van der Waals surface area contributed by atoms with Gasteiger partial charge in [0.2, 0.25) is 0 Å². The second-order valence-corrected chi connectivity index (χ2v) is 6.38. The van der Waals surface area contributed by atoms with Crippen LogP contribution in [0.25, 0.3) is 0 Å². The number of rotatable bonds is 6. The summed E-state index contributed by atoms with van der Waals surface area (Å²) in [5.74, 6) is 0.539. The van der Waals surface area contributed by atoms with Crippen LogP contribution in [0.1, 0.15) is 34.1 Å². The first kappa shape index (κ1) is 16.8. The van der Waals surface area contributed by atoms with Crippen LogP contribution in [0.5, 0.6) is 0 Å². The maximum atomic E-state index is 12.4. The predicted molar refractivity (Wildman–Crippen MR) is 89.0 cm³/mol. The van der Waals surface area contributed by atoms with Gasteiger partial charge in [0.15, 0.2) is 0 Å². The Labute approximate surface area is 133 Å². The Morgan fingerprint density at radius 2 is 2.18 bits per heavy atom. The van der Waals surface area contributed by atoms with E-state index in [2.05, 4.69) is 43.0 Å². The van der Waals surface area contributed by atoms with E-state index in [0.717, 1.165) is 44.8 Å². The molecule has 1 N–H and O–H groups in total. The standard InChI is InChI=1S/C16H29N5O/c1-5-19(6-2)15-7-8-20(12-15)16(22)18-14-9-17-21(11-14)10-13(3)4/h9,11,13,15H,5-8,10,12H2,1-4H3,(H,18,22). The number of carbonyl (C=O) groups excluding carboxylic acids is 1. The van der Waals surface area contributed by atoms with E-state index in [1.807, 2.05) is 15.8 Å². The Hall–Kier alpha value is -1.56. The highest BCUT2D eigenvalue weighted by molar-refractivity contribution is 5.89. The lowest BCUT2D eigenvalue weighted by Gasteiger charge is -2.26. The summed E-state index contributed by atoms with van der Waals surface area (Å²) in [4.78, 5) is 16.7. The Morgan fingerprint density at radius 1 is 1.45 bits per heavy atom. The van der Waals surface area contributed by atoms with Crippen molar-refractivity contribution in [1.29, 1.82) is 0 Å². The maximum Gasteiger partial charge on any atom is 0.321 e. The highest BCUT2D eigenvalue weighted by atomic mass is 16.2. The van der Waals surface area contributed by atoms with Gasteiger partial charge in [-0.1, -0.05) is 27.7 Å². The van der Waals surface area contributed by atoms with E-state index >= 15 is 0 Å². The van der Waals surface area contributed by atoms with Gasteiger partial charge in [-0.3, -0.25) is 9.58 Å². The Kier molecular flexibility index (Phi) is 5.83. The second-order valence-electron chi connectivity index (χ2n) is 6.38. The number of aromatic nitrogens is 2. The number of likely N-dealkylation sites (tertiary alicyclic amines) is 1. The van der Waals surface area contributed by atoms with Crippen LogP contribution in [0, 0.1) is 5.92 Å². The van der Waals surface area contributed by atoms with Gasteiger partial charge >= 0.3 is 6.03 Å². The third-order valence-corrected chi connectivity index (χ3v) is 4.22. The first-order valence-electron chi connectivity index (χ1n) is 8.35. The van der Waals surface area contributed by atoms with Crippen molar-refractivity contribution in [3.05, 3.63) is 12.4 Å².